The van der Waals surface area contributed by atoms with E-state index < -0.39 is 23.7 Å². The summed E-state index contributed by atoms with van der Waals surface area (Å²) in [5, 5.41) is 10.6. The number of carboxylic acid groups (broad SMARTS) is 1. The van der Waals surface area contributed by atoms with Crippen molar-refractivity contribution in [2.75, 3.05) is 37.6 Å². The number of anilines is 1. The lowest BCUT2D eigenvalue weighted by atomic mass is 10.1. The average Bonchev–Trinajstić information content (AvgIpc) is 3.02. The van der Waals surface area contributed by atoms with Gasteiger partial charge in [0.05, 0.1) is 17.5 Å². The molecule has 0 aliphatic carbocycles. The first-order valence-electron chi connectivity index (χ1n) is 9.74. The van der Waals surface area contributed by atoms with Crippen LogP contribution in [0.4, 0.5) is 5.95 Å². The number of imide groups is 1. The van der Waals surface area contributed by atoms with Gasteiger partial charge >= 0.3 is 5.97 Å². The van der Waals surface area contributed by atoms with Gasteiger partial charge in [0.25, 0.3) is 17.7 Å². The van der Waals surface area contributed by atoms with E-state index in [0.717, 1.165) is 4.90 Å². The number of benzene rings is 1. The monoisotopic (exact) mass is 424 g/mol. The Labute approximate surface area is 177 Å². The Morgan fingerprint density at radius 3 is 2.35 bits per heavy atom. The Balaban J connectivity index is 1.38. The van der Waals surface area contributed by atoms with Crippen LogP contribution in [0.2, 0.25) is 0 Å². The highest BCUT2D eigenvalue weighted by molar-refractivity contribution is 6.22. The second-order valence-electron chi connectivity index (χ2n) is 7.13. The van der Waals surface area contributed by atoms with Crippen LogP contribution in [0.3, 0.4) is 0 Å². The van der Waals surface area contributed by atoms with Crippen LogP contribution in [0, 0.1) is 0 Å². The third-order valence-corrected chi connectivity index (χ3v) is 5.16. The smallest absolute Gasteiger partial charge is 0.305 e. The number of aromatic nitrogens is 2. The molecule has 1 fully saturated rings. The fraction of sp³-hybridized carbons (Fsp3) is 0.300. The molecule has 0 radical (unpaired) electrons. The zero-order valence-corrected chi connectivity index (χ0v) is 16.5. The summed E-state index contributed by atoms with van der Waals surface area (Å²) >= 11 is 0. The molecule has 0 spiro atoms. The summed E-state index contributed by atoms with van der Waals surface area (Å²) in [4.78, 5) is 59.7. The highest BCUT2D eigenvalue weighted by atomic mass is 16.4. The molecule has 2 aromatic rings. The first kappa shape index (κ1) is 20.4. The maximum absolute atomic E-state index is 12.7. The number of piperazine rings is 1. The predicted molar refractivity (Wildman–Crippen MR) is 107 cm³/mol. The molecule has 4 rings (SSSR count). The molecule has 160 valence electrons. The van der Waals surface area contributed by atoms with E-state index in [4.69, 9.17) is 5.11 Å². The highest BCUT2D eigenvalue weighted by Crippen LogP contribution is 2.24. The van der Waals surface area contributed by atoms with Crippen LogP contribution in [-0.4, -0.2) is 81.4 Å². The van der Waals surface area contributed by atoms with Gasteiger partial charge in [-0.2, -0.15) is 0 Å². The van der Waals surface area contributed by atoms with Crippen LogP contribution in [0.1, 0.15) is 37.5 Å². The molecular formula is C20H20N6O5. The van der Waals surface area contributed by atoms with Crippen molar-refractivity contribution >= 4 is 29.6 Å². The van der Waals surface area contributed by atoms with Crippen molar-refractivity contribution < 1.29 is 24.3 Å². The fourth-order valence-electron chi connectivity index (χ4n) is 3.52. The van der Waals surface area contributed by atoms with Crippen LogP contribution >= 0.6 is 0 Å². The van der Waals surface area contributed by atoms with Crippen molar-refractivity contribution in [3.8, 4) is 0 Å². The van der Waals surface area contributed by atoms with E-state index >= 15 is 0 Å². The number of carboxylic acids is 1. The molecule has 0 unspecified atom stereocenters. The molecule has 2 N–H and O–H groups in total. The van der Waals surface area contributed by atoms with E-state index in [-0.39, 0.29) is 29.7 Å². The van der Waals surface area contributed by atoms with E-state index in [1.165, 1.54) is 18.2 Å². The van der Waals surface area contributed by atoms with E-state index in [1.807, 2.05) is 4.90 Å². The highest BCUT2D eigenvalue weighted by Gasteiger charge is 2.36. The van der Waals surface area contributed by atoms with Crippen molar-refractivity contribution in [3.63, 3.8) is 0 Å². The summed E-state index contributed by atoms with van der Waals surface area (Å²) in [6.07, 6.45) is 3.02. The van der Waals surface area contributed by atoms with Crippen LogP contribution in [0.25, 0.3) is 0 Å². The number of amides is 3. The Hall–Kier alpha value is -3.86. The summed E-state index contributed by atoms with van der Waals surface area (Å²) in [5.74, 6) is -1.99. The molecule has 2 aliphatic rings. The molecule has 0 atom stereocenters. The van der Waals surface area contributed by atoms with Gasteiger partial charge in [0, 0.05) is 50.7 Å². The molecule has 0 bridgehead atoms. The number of nitrogens with zero attached hydrogens (tertiary/aromatic N) is 5. The first-order chi connectivity index (χ1) is 14.9. The van der Waals surface area contributed by atoms with Gasteiger partial charge in [-0.15, -0.1) is 0 Å². The van der Waals surface area contributed by atoms with Gasteiger partial charge < -0.3 is 10.0 Å². The number of rotatable bonds is 6. The molecule has 1 aromatic heterocycles. The third-order valence-electron chi connectivity index (χ3n) is 5.16. The predicted octanol–water partition coefficient (Wildman–Crippen LogP) is 0.0143. The summed E-state index contributed by atoms with van der Waals surface area (Å²) in [5.41, 5.74) is 3.33. The Morgan fingerprint density at radius 2 is 1.68 bits per heavy atom. The van der Waals surface area contributed by atoms with Crippen molar-refractivity contribution in [2.24, 2.45) is 0 Å². The minimum Gasteiger partial charge on any atom is -0.481 e. The second-order valence-corrected chi connectivity index (χ2v) is 7.13. The molecule has 2 aliphatic heterocycles. The van der Waals surface area contributed by atoms with Crippen molar-refractivity contribution in [3.05, 3.63) is 53.3 Å². The standard InChI is InChI=1S/C20H20N6O5/c27-16(28)4-7-26-18(30)14-3-2-13(12-15(14)19(26)31)17(29)23-25-10-8-24(9-11-25)20-21-5-1-6-22-20/h1-3,5-6,12H,4,7-11H2,(H,23,29)(H,27,28). The zero-order valence-electron chi connectivity index (χ0n) is 16.5. The molecule has 11 nitrogen and oxygen atoms in total. The lowest BCUT2D eigenvalue weighted by molar-refractivity contribution is -0.137. The molecule has 3 amide bonds. The number of fused-ring (bicyclic) bond motifs is 1. The van der Waals surface area contributed by atoms with Gasteiger partial charge in [-0.1, -0.05) is 0 Å². The molecule has 31 heavy (non-hydrogen) atoms. The molecule has 11 heteroatoms. The summed E-state index contributed by atoms with van der Waals surface area (Å²) < 4.78 is 0. The number of aliphatic carboxylic acids is 1. The van der Waals surface area contributed by atoms with Crippen LogP contribution in [0.5, 0.6) is 0 Å². The lowest BCUT2D eigenvalue weighted by Crippen LogP contribution is -2.54. The molecule has 3 heterocycles. The van der Waals surface area contributed by atoms with Gasteiger partial charge in [-0.25, -0.2) is 15.0 Å². The van der Waals surface area contributed by atoms with E-state index in [2.05, 4.69) is 15.4 Å². The van der Waals surface area contributed by atoms with Gasteiger partial charge in [-0.05, 0) is 24.3 Å². The summed E-state index contributed by atoms with van der Waals surface area (Å²) in [6, 6.07) is 6.03. The quantitative estimate of drug-likeness (QED) is 0.615. The lowest BCUT2D eigenvalue weighted by Gasteiger charge is -2.34. The largest absolute Gasteiger partial charge is 0.481 e. The molecule has 1 aromatic carbocycles. The normalized spacial score (nSPS) is 16.4. The summed E-state index contributed by atoms with van der Waals surface area (Å²) in [6.45, 7) is 2.20. The topological polar surface area (TPSA) is 136 Å². The van der Waals surface area contributed by atoms with Crippen molar-refractivity contribution in [1.29, 1.82) is 0 Å². The maximum atomic E-state index is 12.7. The molecule has 0 saturated carbocycles. The number of carbonyl (C=O) groups excluding carboxylic acids is 3. The number of hydrazine groups is 1. The number of carbonyl (C=O) groups is 4. The minimum absolute atomic E-state index is 0.106. The van der Waals surface area contributed by atoms with Crippen LogP contribution in [0.15, 0.2) is 36.7 Å². The first-order valence-corrected chi connectivity index (χ1v) is 9.74. The van der Waals surface area contributed by atoms with E-state index in [1.54, 1.807) is 23.5 Å². The molecular weight excluding hydrogens is 404 g/mol. The molecule has 1 saturated heterocycles. The number of hydrogen-bond acceptors (Lipinski definition) is 8. The Kier molecular flexibility index (Phi) is 5.58. The van der Waals surface area contributed by atoms with E-state index in [0.29, 0.717) is 32.1 Å². The zero-order chi connectivity index (χ0) is 22.0. The van der Waals surface area contributed by atoms with Crippen molar-refractivity contribution in [1.82, 2.24) is 25.3 Å². The van der Waals surface area contributed by atoms with Gasteiger partial charge in [-0.3, -0.25) is 29.5 Å². The third kappa shape index (κ3) is 4.21. The summed E-state index contributed by atoms with van der Waals surface area (Å²) in [7, 11) is 0. The van der Waals surface area contributed by atoms with Crippen LogP contribution < -0.4 is 10.3 Å². The van der Waals surface area contributed by atoms with Gasteiger partial charge in [0.15, 0.2) is 0 Å². The minimum atomic E-state index is -1.10. The van der Waals surface area contributed by atoms with Crippen molar-refractivity contribution in [2.45, 2.75) is 6.42 Å². The van der Waals surface area contributed by atoms with E-state index in [9.17, 15) is 19.2 Å². The van der Waals surface area contributed by atoms with Crippen LogP contribution in [-0.2, 0) is 4.79 Å². The van der Waals surface area contributed by atoms with Gasteiger partial charge in [0.2, 0.25) is 5.95 Å². The Morgan fingerprint density at radius 1 is 1.00 bits per heavy atom. The number of nitrogens with one attached hydrogen (secondary N) is 1. The maximum Gasteiger partial charge on any atom is 0.305 e. The Bertz CT molecular complexity index is 1040. The number of hydrogen-bond donors (Lipinski definition) is 2. The fourth-order valence-corrected chi connectivity index (χ4v) is 3.52. The SMILES string of the molecule is O=C(O)CCN1C(=O)c2ccc(C(=O)NN3CCN(c4ncccn4)CC3)cc2C1=O. The second kappa shape index (κ2) is 8.48. The average molecular weight is 424 g/mol. The van der Waals surface area contributed by atoms with Gasteiger partial charge in [0.1, 0.15) is 0 Å².